The normalized spacial score (nSPS) is 13.6. The van der Waals surface area contributed by atoms with Gasteiger partial charge in [0.05, 0.1) is 0 Å². The van der Waals surface area contributed by atoms with Gasteiger partial charge in [-0.3, -0.25) is 4.98 Å². The van der Waals surface area contributed by atoms with E-state index < -0.39 is 15.6 Å². The first-order chi connectivity index (χ1) is 8.33. The Morgan fingerprint density at radius 2 is 1.63 bits per heavy atom. The van der Waals surface area contributed by atoms with Gasteiger partial charge in [-0.15, -0.1) is 0 Å². The fourth-order valence-electron chi connectivity index (χ4n) is 1.69. The quantitative estimate of drug-likeness (QED) is 0.908. The molecule has 108 valence electrons. The zero-order chi connectivity index (χ0) is 15.1. The van der Waals surface area contributed by atoms with E-state index in [-0.39, 0.29) is 10.3 Å². The van der Waals surface area contributed by atoms with Gasteiger partial charge in [-0.05, 0) is 39.3 Å². The lowest BCUT2D eigenvalue weighted by Gasteiger charge is -2.22. The van der Waals surface area contributed by atoms with E-state index in [1.54, 1.807) is 6.92 Å². The third kappa shape index (κ3) is 4.28. The van der Waals surface area contributed by atoms with Crippen LogP contribution in [0.2, 0.25) is 0 Å². The van der Waals surface area contributed by atoms with Gasteiger partial charge in [0.25, 0.3) is 0 Å². The van der Waals surface area contributed by atoms with Crippen LogP contribution in [-0.2, 0) is 15.4 Å². The summed E-state index contributed by atoms with van der Waals surface area (Å²) < 4.78 is 27.2. The molecule has 0 radical (unpaired) electrons. The average Bonchev–Trinajstić information content (AvgIpc) is 2.11. The van der Waals surface area contributed by atoms with E-state index in [2.05, 4.69) is 30.5 Å². The van der Waals surface area contributed by atoms with Gasteiger partial charge in [-0.25, -0.2) is 13.1 Å². The summed E-state index contributed by atoms with van der Waals surface area (Å²) in [5.41, 5.74) is 1.01. The SMILES string of the molecule is Cc1cc(C(C)(C)C)ncc1S(=O)(=O)NC(C)(C)C. The van der Waals surface area contributed by atoms with Crippen LogP contribution < -0.4 is 4.72 Å². The molecule has 0 aliphatic carbocycles. The molecule has 0 aliphatic rings. The van der Waals surface area contributed by atoms with Crippen LogP contribution in [0.25, 0.3) is 0 Å². The van der Waals surface area contributed by atoms with E-state index in [9.17, 15) is 8.42 Å². The van der Waals surface area contributed by atoms with Crippen molar-refractivity contribution in [3.63, 3.8) is 0 Å². The number of aryl methyl sites for hydroxylation is 1. The second-order valence-electron chi connectivity index (χ2n) is 6.94. The van der Waals surface area contributed by atoms with Crippen molar-refractivity contribution in [3.8, 4) is 0 Å². The van der Waals surface area contributed by atoms with Crippen molar-refractivity contribution >= 4 is 10.0 Å². The highest BCUT2D eigenvalue weighted by Crippen LogP contribution is 2.24. The Labute approximate surface area is 116 Å². The van der Waals surface area contributed by atoms with Crippen molar-refractivity contribution in [1.29, 1.82) is 0 Å². The van der Waals surface area contributed by atoms with E-state index in [4.69, 9.17) is 0 Å². The maximum absolute atomic E-state index is 12.3. The molecule has 0 saturated heterocycles. The van der Waals surface area contributed by atoms with Gasteiger partial charge in [0.1, 0.15) is 4.90 Å². The summed E-state index contributed by atoms with van der Waals surface area (Å²) in [5, 5.41) is 0. The molecule has 5 heteroatoms. The molecule has 1 rings (SSSR count). The number of hydrogen-bond acceptors (Lipinski definition) is 3. The summed E-state index contributed by atoms with van der Waals surface area (Å²) in [6.07, 6.45) is 1.45. The number of sulfonamides is 1. The molecule has 4 nitrogen and oxygen atoms in total. The minimum absolute atomic E-state index is 0.0928. The lowest BCUT2D eigenvalue weighted by molar-refractivity contribution is 0.490. The third-order valence-corrected chi connectivity index (χ3v) is 4.45. The van der Waals surface area contributed by atoms with Crippen molar-refractivity contribution < 1.29 is 8.42 Å². The van der Waals surface area contributed by atoms with E-state index in [1.807, 2.05) is 26.8 Å². The number of aromatic nitrogens is 1. The monoisotopic (exact) mass is 284 g/mol. The van der Waals surface area contributed by atoms with Crippen molar-refractivity contribution in [1.82, 2.24) is 9.71 Å². The molecule has 0 atom stereocenters. The Hall–Kier alpha value is -0.940. The van der Waals surface area contributed by atoms with E-state index in [0.717, 1.165) is 11.3 Å². The lowest BCUT2D eigenvalue weighted by atomic mass is 9.91. The van der Waals surface area contributed by atoms with Gasteiger partial charge in [0.2, 0.25) is 10.0 Å². The highest BCUT2D eigenvalue weighted by molar-refractivity contribution is 7.89. The maximum Gasteiger partial charge on any atom is 0.242 e. The van der Waals surface area contributed by atoms with Crippen LogP contribution in [0.1, 0.15) is 52.8 Å². The van der Waals surface area contributed by atoms with Gasteiger partial charge < -0.3 is 0 Å². The fourth-order valence-corrected chi connectivity index (χ4v) is 3.28. The van der Waals surface area contributed by atoms with Gasteiger partial charge in [-0.1, -0.05) is 20.8 Å². The molecular weight excluding hydrogens is 260 g/mol. The third-order valence-electron chi connectivity index (χ3n) is 2.56. The second kappa shape index (κ2) is 4.87. The molecule has 0 spiro atoms. The van der Waals surface area contributed by atoms with Crippen LogP contribution in [0.15, 0.2) is 17.2 Å². The zero-order valence-electron chi connectivity index (χ0n) is 12.8. The van der Waals surface area contributed by atoms with E-state index in [0.29, 0.717) is 0 Å². The molecule has 0 unspecified atom stereocenters. The lowest BCUT2D eigenvalue weighted by Crippen LogP contribution is -2.40. The first kappa shape index (κ1) is 16.1. The molecule has 0 aliphatic heterocycles. The molecule has 0 bridgehead atoms. The number of nitrogens with one attached hydrogen (secondary N) is 1. The minimum atomic E-state index is -3.52. The molecule has 1 N–H and O–H groups in total. The standard InChI is InChI=1S/C14H24N2O2S/c1-10-8-12(13(2,3)4)15-9-11(10)19(17,18)16-14(5,6)7/h8-9,16H,1-7H3. The molecule has 19 heavy (non-hydrogen) atoms. The van der Waals surface area contributed by atoms with Crippen molar-refractivity contribution in [2.24, 2.45) is 0 Å². The van der Waals surface area contributed by atoms with Crippen molar-refractivity contribution in [2.75, 3.05) is 0 Å². The Balaban J connectivity index is 3.24. The van der Waals surface area contributed by atoms with Crippen LogP contribution >= 0.6 is 0 Å². The molecule has 1 aromatic heterocycles. The van der Waals surface area contributed by atoms with Crippen LogP contribution in [0, 0.1) is 6.92 Å². The summed E-state index contributed by atoms with van der Waals surface area (Å²) >= 11 is 0. The Morgan fingerprint density at radius 1 is 1.11 bits per heavy atom. The van der Waals surface area contributed by atoms with Crippen LogP contribution in [-0.4, -0.2) is 18.9 Å². The Kier molecular flexibility index (Phi) is 4.13. The van der Waals surface area contributed by atoms with Crippen LogP contribution in [0.4, 0.5) is 0 Å². The average molecular weight is 284 g/mol. The summed E-state index contributed by atoms with van der Waals surface area (Å²) in [6, 6.07) is 1.84. The Bertz CT molecular complexity index is 564. The number of rotatable bonds is 2. The van der Waals surface area contributed by atoms with E-state index in [1.165, 1.54) is 6.20 Å². The smallest absolute Gasteiger partial charge is 0.242 e. The Morgan fingerprint density at radius 3 is 2.00 bits per heavy atom. The van der Waals surface area contributed by atoms with Crippen molar-refractivity contribution in [3.05, 3.63) is 23.5 Å². The first-order valence-electron chi connectivity index (χ1n) is 6.34. The summed E-state index contributed by atoms with van der Waals surface area (Å²) in [4.78, 5) is 4.53. The second-order valence-corrected chi connectivity index (χ2v) is 8.59. The summed E-state index contributed by atoms with van der Waals surface area (Å²) in [5.74, 6) is 0. The topological polar surface area (TPSA) is 59.1 Å². The minimum Gasteiger partial charge on any atom is -0.259 e. The summed E-state index contributed by atoms with van der Waals surface area (Å²) in [7, 11) is -3.52. The predicted octanol–water partition coefficient (Wildman–Crippen LogP) is 2.76. The molecule has 0 saturated carbocycles. The fraction of sp³-hybridized carbons (Fsp3) is 0.643. The molecule has 0 aromatic carbocycles. The highest BCUT2D eigenvalue weighted by atomic mass is 32.2. The van der Waals surface area contributed by atoms with Crippen molar-refractivity contribution in [2.45, 2.75) is 64.3 Å². The number of nitrogens with zero attached hydrogens (tertiary/aromatic N) is 1. The summed E-state index contributed by atoms with van der Waals surface area (Å²) in [6.45, 7) is 13.4. The molecule has 1 aromatic rings. The van der Waals surface area contributed by atoms with Crippen LogP contribution in [0.3, 0.4) is 0 Å². The van der Waals surface area contributed by atoms with Gasteiger partial charge in [0.15, 0.2) is 0 Å². The maximum atomic E-state index is 12.3. The number of hydrogen-bond donors (Lipinski definition) is 1. The largest absolute Gasteiger partial charge is 0.259 e. The number of pyridine rings is 1. The van der Waals surface area contributed by atoms with Gasteiger partial charge in [0, 0.05) is 22.8 Å². The predicted molar refractivity (Wildman–Crippen MR) is 77.7 cm³/mol. The first-order valence-corrected chi connectivity index (χ1v) is 7.82. The molecular formula is C14H24N2O2S. The van der Waals surface area contributed by atoms with Crippen LogP contribution in [0.5, 0.6) is 0 Å². The zero-order valence-corrected chi connectivity index (χ0v) is 13.6. The molecule has 0 fully saturated rings. The highest BCUT2D eigenvalue weighted by Gasteiger charge is 2.25. The van der Waals surface area contributed by atoms with Gasteiger partial charge >= 0.3 is 0 Å². The molecule has 1 heterocycles. The van der Waals surface area contributed by atoms with Gasteiger partial charge in [-0.2, -0.15) is 0 Å². The molecule has 0 amide bonds. The van der Waals surface area contributed by atoms with E-state index >= 15 is 0 Å².